The van der Waals surface area contributed by atoms with Crippen LogP contribution in [-0.4, -0.2) is 10.6 Å². The summed E-state index contributed by atoms with van der Waals surface area (Å²) in [7, 11) is 0. The van der Waals surface area contributed by atoms with Gasteiger partial charge in [0.05, 0.1) is 11.0 Å². The predicted octanol–water partition coefficient (Wildman–Crippen LogP) is 8.22. The highest BCUT2D eigenvalue weighted by atomic mass is 15.0. The zero-order valence-corrected chi connectivity index (χ0v) is 19.6. The third-order valence-corrected chi connectivity index (χ3v) is 6.77. The molecule has 166 valence electrons. The van der Waals surface area contributed by atoms with E-state index >= 15 is 0 Å². The normalized spacial score (nSPS) is 15.6. The van der Waals surface area contributed by atoms with E-state index < -0.39 is 0 Å². The van der Waals surface area contributed by atoms with E-state index in [1.165, 1.54) is 55.4 Å². The van der Waals surface area contributed by atoms with Gasteiger partial charge in [0.15, 0.2) is 0 Å². The highest BCUT2D eigenvalue weighted by Crippen LogP contribution is 2.34. The van der Waals surface area contributed by atoms with Gasteiger partial charge in [0.2, 0.25) is 0 Å². The molecular weight excluding hydrogens is 412 g/mol. The van der Waals surface area contributed by atoms with Crippen molar-refractivity contribution in [3.05, 3.63) is 126 Å². The second kappa shape index (κ2) is 8.39. The van der Waals surface area contributed by atoms with E-state index in [0.717, 1.165) is 6.42 Å². The Morgan fingerprint density at radius 2 is 1.56 bits per heavy atom. The van der Waals surface area contributed by atoms with E-state index in [0.29, 0.717) is 6.04 Å². The minimum Gasteiger partial charge on any atom is -0.379 e. The van der Waals surface area contributed by atoms with E-state index in [4.69, 9.17) is 0 Å². The predicted molar refractivity (Wildman–Crippen MR) is 146 cm³/mol. The van der Waals surface area contributed by atoms with Gasteiger partial charge in [-0.3, -0.25) is 0 Å². The quantitative estimate of drug-likeness (QED) is 0.298. The first-order valence-corrected chi connectivity index (χ1v) is 12.0. The molecule has 1 unspecified atom stereocenters. The number of para-hydroxylation sites is 1. The Bertz CT molecular complexity index is 1560. The number of rotatable bonds is 4. The second-order valence-electron chi connectivity index (χ2n) is 9.29. The van der Waals surface area contributed by atoms with Gasteiger partial charge in [0.1, 0.15) is 0 Å². The van der Waals surface area contributed by atoms with Crippen LogP contribution in [0.5, 0.6) is 0 Å². The van der Waals surface area contributed by atoms with Crippen LogP contribution in [0.15, 0.2) is 109 Å². The summed E-state index contributed by atoms with van der Waals surface area (Å²) < 4.78 is 2.38. The van der Waals surface area contributed by atoms with E-state index in [-0.39, 0.29) is 0 Å². The van der Waals surface area contributed by atoms with E-state index in [9.17, 15) is 0 Å². The Balaban J connectivity index is 1.35. The van der Waals surface area contributed by atoms with Gasteiger partial charge in [-0.05, 0) is 79.4 Å². The van der Waals surface area contributed by atoms with Crippen LogP contribution < -0.4 is 5.32 Å². The molecule has 6 rings (SSSR count). The molecule has 2 heteroatoms. The maximum absolute atomic E-state index is 3.64. The summed E-state index contributed by atoms with van der Waals surface area (Å²) in [4.78, 5) is 0. The molecule has 0 radical (unpaired) electrons. The lowest BCUT2D eigenvalue weighted by Gasteiger charge is -2.19. The van der Waals surface area contributed by atoms with E-state index in [1.807, 2.05) is 0 Å². The molecule has 5 aromatic rings. The maximum Gasteiger partial charge on any atom is 0.0541 e. The smallest absolute Gasteiger partial charge is 0.0541 e. The fourth-order valence-electron chi connectivity index (χ4n) is 5.01. The standard InChI is InChI=1S/C32H28N2/c1-22-10-17-28(18-11-22)34-31-9-4-3-8-29(31)30-21-25(14-19-32(30)34)24-12-15-26(16-13-24)33-27-7-5-6-23(2)20-27/h3-15,17-21,26,33H,16H2,1-2H3. The Labute approximate surface area is 200 Å². The van der Waals surface area contributed by atoms with Crippen molar-refractivity contribution in [3.8, 4) is 5.69 Å². The number of aromatic nitrogens is 1. The lowest BCUT2D eigenvalue weighted by molar-refractivity contribution is 0.886. The molecular formula is C32H28N2. The van der Waals surface area contributed by atoms with Crippen molar-refractivity contribution in [1.82, 2.24) is 4.57 Å². The molecule has 1 aliphatic carbocycles. The lowest BCUT2D eigenvalue weighted by Crippen LogP contribution is -2.17. The average Bonchev–Trinajstić information content (AvgIpc) is 3.19. The molecule has 1 aliphatic rings. The molecule has 34 heavy (non-hydrogen) atoms. The first-order chi connectivity index (χ1) is 16.7. The molecule has 0 saturated carbocycles. The minimum atomic E-state index is 0.317. The topological polar surface area (TPSA) is 17.0 Å². The molecule has 2 nitrogen and oxygen atoms in total. The summed E-state index contributed by atoms with van der Waals surface area (Å²) in [5.74, 6) is 0. The molecule has 0 amide bonds. The maximum atomic E-state index is 3.64. The molecule has 1 heterocycles. The SMILES string of the molecule is Cc1ccc(-n2c3ccccc3c3cc(C4=CCC(Nc5cccc(C)c5)C=C4)ccc32)cc1. The average molecular weight is 441 g/mol. The monoisotopic (exact) mass is 440 g/mol. The summed E-state index contributed by atoms with van der Waals surface area (Å²) in [6, 6.07) is 33.3. The van der Waals surface area contributed by atoms with Crippen LogP contribution in [0.25, 0.3) is 33.1 Å². The molecule has 1 aromatic heterocycles. The van der Waals surface area contributed by atoms with Gasteiger partial charge < -0.3 is 9.88 Å². The number of nitrogens with zero attached hydrogens (tertiary/aromatic N) is 1. The molecule has 4 aromatic carbocycles. The van der Waals surface area contributed by atoms with Crippen molar-refractivity contribution in [2.24, 2.45) is 0 Å². The largest absolute Gasteiger partial charge is 0.379 e. The van der Waals surface area contributed by atoms with Crippen molar-refractivity contribution < 1.29 is 0 Å². The van der Waals surface area contributed by atoms with Gasteiger partial charge in [0, 0.05) is 28.2 Å². The fraction of sp³-hybridized carbons (Fsp3) is 0.125. The highest BCUT2D eigenvalue weighted by molar-refractivity contribution is 6.10. The summed E-state index contributed by atoms with van der Waals surface area (Å²) in [6.07, 6.45) is 7.88. The molecule has 0 aliphatic heterocycles. The molecule has 1 N–H and O–H groups in total. The van der Waals surface area contributed by atoms with Gasteiger partial charge in [-0.25, -0.2) is 0 Å². The lowest BCUT2D eigenvalue weighted by atomic mass is 9.95. The molecule has 1 atom stereocenters. The van der Waals surface area contributed by atoms with Crippen molar-refractivity contribution in [1.29, 1.82) is 0 Å². The number of hydrogen-bond acceptors (Lipinski definition) is 1. The molecule has 0 bridgehead atoms. The minimum absolute atomic E-state index is 0.317. The van der Waals surface area contributed by atoms with E-state index in [2.05, 4.69) is 133 Å². The second-order valence-corrected chi connectivity index (χ2v) is 9.29. The van der Waals surface area contributed by atoms with Crippen LogP contribution in [0.3, 0.4) is 0 Å². The Hall–Kier alpha value is -4.04. The van der Waals surface area contributed by atoms with Crippen LogP contribution in [-0.2, 0) is 0 Å². The summed E-state index contributed by atoms with van der Waals surface area (Å²) >= 11 is 0. The first-order valence-electron chi connectivity index (χ1n) is 12.0. The van der Waals surface area contributed by atoms with Gasteiger partial charge in [-0.2, -0.15) is 0 Å². The van der Waals surface area contributed by atoms with Gasteiger partial charge in [-0.1, -0.05) is 72.3 Å². The third-order valence-electron chi connectivity index (χ3n) is 6.77. The van der Waals surface area contributed by atoms with Crippen molar-refractivity contribution in [3.63, 3.8) is 0 Å². The van der Waals surface area contributed by atoms with Gasteiger partial charge >= 0.3 is 0 Å². The third kappa shape index (κ3) is 3.72. The molecule has 0 fully saturated rings. The zero-order valence-electron chi connectivity index (χ0n) is 19.6. The zero-order chi connectivity index (χ0) is 23.1. The number of nitrogens with one attached hydrogen (secondary N) is 1. The number of fused-ring (bicyclic) bond motifs is 3. The summed E-state index contributed by atoms with van der Waals surface area (Å²) in [5.41, 5.74) is 9.98. The van der Waals surface area contributed by atoms with Crippen molar-refractivity contribution in [2.75, 3.05) is 5.32 Å². The van der Waals surface area contributed by atoms with Crippen LogP contribution in [0.4, 0.5) is 5.69 Å². The molecule has 0 spiro atoms. The fourth-order valence-corrected chi connectivity index (χ4v) is 5.01. The summed E-state index contributed by atoms with van der Waals surface area (Å²) in [6.45, 7) is 4.26. The van der Waals surface area contributed by atoms with Crippen LogP contribution in [0.2, 0.25) is 0 Å². The Morgan fingerprint density at radius 1 is 0.735 bits per heavy atom. The Kier molecular flexibility index (Phi) is 5.07. The summed E-state index contributed by atoms with van der Waals surface area (Å²) in [5, 5.41) is 6.22. The van der Waals surface area contributed by atoms with Crippen LogP contribution in [0, 0.1) is 13.8 Å². The Morgan fingerprint density at radius 3 is 2.35 bits per heavy atom. The molecule has 0 saturated heterocycles. The van der Waals surface area contributed by atoms with Crippen LogP contribution in [0.1, 0.15) is 23.1 Å². The number of anilines is 1. The van der Waals surface area contributed by atoms with E-state index in [1.54, 1.807) is 0 Å². The van der Waals surface area contributed by atoms with Crippen LogP contribution >= 0.6 is 0 Å². The van der Waals surface area contributed by atoms with Crippen molar-refractivity contribution >= 4 is 33.1 Å². The number of hydrogen-bond donors (Lipinski definition) is 1. The van der Waals surface area contributed by atoms with Gasteiger partial charge in [-0.15, -0.1) is 0 Å². The highest BCUT2D eigenvalue weighted by Gasteiger charge is 2.15. The number of benzene rings is 4. The van der Waals surface area contributed by atoms with Gasteiger partial charge in [0.25, 0.3) is 0 Å². The first kappa shape index (κ1) is 20.6. The van der Waals surface area contributed by atoms with Crippen molar-refractivity contribution in [2.45, 2.75) is 26.3 Å². The number of allylic oxidation sites excluding steroid dienone is 2. The number of aryl methyl sites for hydroxylation is 2.